The van der Waals surface area contributed by atoms with Gasteiger partial charge < -0.3 is 9.67 Å². The predicted octanol–water partition coefficient (Wildman–Crippen LogP) is 5.57. The van der Waals surface area contributed by atoms with Gasteiger partial charge in [-0.05, 0) is 30.5 Å². The van der Waals surface area contributed by atoms with E-state index in [1.807, 2.05) is 63.2 Å². The van der Waals surface area contributed by atoms with Crippen molar-refractivity contribution in [2.45, 2.75) is 27.7 Å². The summed E-state index contributed by atoms with van der Waals surface area (Å²) in [7, 11) is 1.67. The molecule has 0 saturated heterocycles. The van der Waals surface area contributed by atoms with Gasteiger partial charge in [-0.1, -0.05) is 67.9 Å². The van der Waals surface area contributed by atoms with E-state index in [-0.39, 0.29) is 5.69 Å². The molecule has 0 aliphatic carbocycles. The minimum Gasteiger partial charge on any atom is -0.477 e. The van der Waals surface area contributed by atoms with Crippen LogP contribution in [0.25, 0.3) is 22.3 Å². The lowest BCUT2D eigenvalue weighted by molar-refractivity contribution is 0.0687. The van der Waals surface area contributed by atoms with E-state index in [0.717, 1.165) is 16.7 Å². The topological polar surface area (TPSA) is 66.0 Å². The lowest BCUT2D eigenvalue weighted by atomic mass is 9.97. The van der Waals surface area contributed by atoms with Crippen molar-refractivity contribution in [1.29, 1.82) is 5.26 Å². The molecule has 0 amide bonds. The quantitative estimate of drug-likeness (QED) is 0.664. The molecule has 2 aromatic carbocycles. The third-order valence-corrected chi connectivity index (χ3v) is 4.53. The Kier molecular flexibility index (Phi) is 6.20. The fourth-order valence-electron chi connectivity index (χ4n) is 3.12. The van der Waals surface area contributed by atoms with Gasteiger partial charge in [-0.25, -0.2) is 4.79 Å². The van der Waals surface area contributed by atoms with Crippen molar-refractivity contribution >= 4 is 5.97 Å². The summed E-state index contributed by atoms with van der Waals surface area (Å²) >= 11 is 0. The maximum absolute atomic E-state index is 11.7. The van der Waals surface area contributed by atoms with Crippen molar-refractivity contribution < 1.29 is 9.90 Å². The molecule has 27 heavy (non-hydrogen) atoms. The second-order valence-corrected chi connectivity index (χ2v) is 6.11. The summed E-state index contributed by atoms with van der Waals surface area (Å²) < 4.78 is 1.56. The van der Waals surface area contributed by atoms with Gasteiger partial charge in [-0.3, -0.25) is 0 Å². The number of benzene rings is 2. The molecule has 0 atom stereocenters. The summed E-state index contributed by atoms with van der Waals surface area (Å²) in [6.45, 7) is 7.80. The number of hydrogen-bond donors (Lipinski definition) is 1. The average molecular weight is 360 g/mol. The highest BCUT2D eigenvalue weighted by molar-refractivity contribution is 5.97. The Labute approximate surface area is 160 Å². The fraction of sp³-hybridized carbons (Fsp3) is 0.217. The Morgan fingerprint density at radius 2 is 1.59 bits per heavy atom. The molecule has 0 spiro atoms. The standard InChI is InChI=1S/C21H18N2O2.C2H6/c1-13-5-4-6-17(11-13)15-7-9-16(10-8-15)19-18(12-22)14(2)23(3)20(19)21(24)25;1-2/h4-11H,1-3H3,(H,24,25);1-2H3. The highest BCUT2D eigenvalue weighted by Gasteiger charge is 2.24. The van der Waals surface area contributed by atoms with Crippen LogP contribution < -0.4 is 0 Å². The van der Waals surface area contributed by atoms with Gasteiger partial charge >= 0.3 is 5.97 Å². The van der Waals surface area contributed by atoms with Crippen molar-refractivity contribution in [1.82, 2.24) is 4.57 Å². The van der Waals surface area contributed by atoms with Crippen molar-refractivity contribution in [2.75, 3.05) is 0 Å². The lowest BCUT2D eigenvalue weighted by Gasteiger charge is -2.07. The number of nitrogens with zero attached hydrogens (tertiary/aromatic N) is 2. The van der Waals surface area contributed by atoms with Crippen LogP contribution in [0.15, 0.2) is 48.5 Å². The van der Waals surface area contributed by atoms with Crippen LogP contribution in [0, 0.1) is 25.2 Å². The number of aromatic nitrogens is 1. The van der Waals surface area contributed by atoms with Gasteiger partial charge in [0.05, 0.1) is 5.56 Å². The van der Waals surface area contributed by atoms with Crippen molar-refractivity contribution in [3.05, 3.63) is 71.0 Å². The van der Waals surface area contributed by atoms with Crippen LogP contribution in [-0.2, 0) is 7.05 Å². The molecule has 0 fully saturated rings. The SMILES string of the molecule is CC.Cc1cccc(-c2ccc(-c3c(C#N)c(C)n(C)c3C(=O)O)cc2)c1. The van der Waals surface area contributed by atoms with Crippen LogP contribution in [0.3, 0.4) is 0 Å². The number of hydrogen-bond acceptors (Lipinski definition) is 2. The summed E-state index contributed by atoms with van der Waals surface area (Å²) in [5.41, 5.74) is 5.74. The van der Waals surface area contributed by atoms with Gasteiger partial charge in [0.15, 0.2) is 0 Å². The summed E-state index contributed by atoms with van der Waals surface area (Å²) in [6.07, 6.45) is 0. The average Bonchev–Trinajstić information content (AvgIpc) is 2.94. The van der Waals surface area contributed by atoms with Crippen molar-refractivity contribution in [3.63, 3.8) is 0 Å². The molecule has 0 aliphatic rings. The Morgan fingerprint density at radius 3 is 2.11 bits per heavy atom. The number of carboxylic acid groups (broad SMARTS) is 1. The number of carbonyl (C=O) groups is 1. The molecule has 3 aromatic rings. The predicted molar refractivity (Wildman–Crippen MR) is 109 cm³/mol. The smallest absolute Gasteiger partial charge is 0.353 e. The maximum Gasteiger partial charge on any atom is 0.353 e. The highest BCUT2D eigenvalue weighted by Crippen LogP contribution is 2.33. The molecule has 4 nitrogen and oxygen atoms in total. The number of nitriles is 1. The highest BCUT2D eigenvalue weighted by atomic mass is 16.4. The zero-order chi connectivity index (χ0) is 20.1. The molecule has 0 bridgehead atoms. The first kappa shape index (κ1) is 20.0. The van der Waals surface area contributed by atoms with Gasteiger partial charge in [0.1, 0.15) is 11.8 Å². The molecule has 1 aromatic heterocycles. The van der Waals surface area contributed by atoms with E-state index in [1.165, 1.54) is 5.56 Å². The number of carboxylic acids is 1. The molecule has 1 N–H and O–H groups in total. The molecular formula is C23H24N2O2. The molecule has 3 rings (SSSR count). The normalized spacial score (nSPS) is 9.93. The van der Waals surface area contributed by atoms with Gasteiger partial charge in [-0.15, -0.1) is 0 Å². The third kappa shape index (κ3) is 3.78. The monoisotopic (exact) mass is 360 g/mol. The Morgan fingerprint density at radius 1 is 1.00 bits per heavy atom. The lowest BCUT2D eigenvalue weighted by Crippen LogP contribution is -2.06. The van der Waals surface area contributed by atoms with Gasteiger partial charge in [0.25, 0.3) is 0 Å². The zero-order valence-corrected chi connectivity index (χ0v) is 16.4. The van der Waals surface area contributed by atoms with E-state index in [0.29, 0.717) is 16.8 Å². The van der Waals surface area contributed by atoms with E-state index in [4.69, 9.17) is 0 Å². The minimum absolute atomic E-state index is 0.136. The fourth-order valence-corrected chi connectivity index (χ4v) is 3.12. The van der Waals surface area contributed by atoms with Crippen LogP contribution in [0.2, 0.25) is 0 Å². The van der Waals surface area contributed by atoms with Crippen LogP contribution in [0.1, 0.15) is 41.2 Å². The largest absolute Gasteiger partial charge is 0.477 e. The van der Waals surface area contributed by atoms with Crippen LogP contribution in [0.4, 0.5) is 0 Å². The third-order valence-electron chi connectivity index (χ3n) is 4.53. The van der Waals surface area contributed by atoms with Crippen LogP contribution >= 0.6 is 0 Å². The minimum atomic E-state index is -1.04. The number of rotatable bonds is 3. The molecule has 0 radical (unpaired) electrons. The molecule has 4 heteroatoms. The Bertz CT molecular complexity index is 1010. The van der Waals surface area contributed by atoms with Gasteiger partial charge in [0, 0.05) is 18.3 Å². The van der Waals surface area contributed by atoms with E-state index in [9.17, 15) is 15.2 Å². The molecule has 0 aliphatic heterocycles. The first-order valence-corrected chi connectivity index (χ1v) is 8.94. The maximum atomic E-state index is 11.7. The summed E-state index contributed by atoms with van der Waals surface area (Å²) in [4.78, 5) is 11.7. The summed E-state index contributed by atoms with van der Waals surface area (Å²) in [5.74, 6) is -1.04. The number of aryl methyl sites for hydroxylation is 1. The Balaban J connectivity index is 0.00000126. The zero-order valence-electron chi connectivity index (χ0n) is 16.4. The first-order valence-electron chi connectivity index (χ1n) is 8.94. The molecule has 0 saturated carbocycles. The first-order chi connectivity index (χ1) is 12.9. The molecular weight excluding hydrogens is 336 g/mol. The Hall–Kier alpha value is -3.32. The van der Waals surface area contributed by atoms with Gasteiger partial charge in [-0.2, -0.15) is 5.26 Å². The number of aromatic carboxylic acids is 1. The second kappa shape index (κ2) is 8.37. The molecule has 0 unspecified atom stereocenters. The van der Waals surface area contributed by atoms with Crippen LogP contribution in [-0.4, -0.2) is 15.6 Å². The summed E-state index contributed by atoms with van der Waals surface area (Å²) in [6, 6.07) is 18.0. The van der Waals surface area contributed by atoms with E-state index >= 15 is 0 Å². The van der Waals surface area contributed by atoms with E-state index in [1.54, 1.807) is 18.5 Å². The van der Waals surface area contributed by atoms with Gasteiger partial charge in [0.2, 0.25) is 0 Å². The molecule has 1 heterocycles. The van der Waals surface area contributed by atoms with E-state index < -0.39 is 5.97 Å². The van der Waals surface area contributed by atoms with E-state index in [2.05, 4.69) is 12.1 Å². The second-order valence-electron chi connectivity index (χ2n) is 6.11. The van der Waals surface area contributed by atoms with Crippen LogP contribution in [0.5, 0.6) is 0 Å². The van der Waals surface area contributed by atoms with Crippen molar-refractivity contribution in [2.24, 2.45) is 7.05 Å². The molecule has 138 valence electrons. The van der Waals surface area contributed by atoms with Crippen molar-refractivity contribution in [3.8, 4) is 28.3 Å². The summed E-state index contributed by atoms with van der Waals surface area (Å²) in [5, 5.41) is 19.1.